The minimum atomic E-state index is 0. The van der Waals surface area contributed by atoms with Gasteiger partial charge in [0.2, 0.25) is 0 Å². The van der Waals surface area contributed by atoms with E-state index in [1.807, 2.05) is 0 Å². The zero-order valence-electron chi connectivity index (χ0n) is 13.5. The molecule has 1 heterocycles. The van der Waals surface area contributed by atoms with Gasteiger partial charge in [-0.05, 0) is 18.4 Å². The van der Waals surface area contributed by atoms with Crippen LogP contribution in [0.5, 0.6) is 0 Å². The summed E-state index contributed by atoms with van der Waals surface area (Å²) in [6.45, 7) is 5.08. The molecule has 1 aliphatic carbocycles. The van der Waals surface area contributed by atoms with Crippen LogP contribution in [0.3, 0.4) is 0 Å². The molecule has 0 N–H and O–H groups in total. The summed E-state index contributed by atoms with van der Waals surface area (Å²) >= 11 is 0. The second-order valence-corrected chi connectivity index (χ2v) is 7.33. The van der Waals surface area contributed by atoms with E-state index in [0.717, 1.165) is 0 Å². The van der Waals surface area contributed by atoms with Crippen LogP contribution in [0, 0.1) is 0 Å². The molecule has 0 unspecified atom stereocenters. The maximum atomic E-state index is 2.81. The van der Waals surface area contributed by atoms with Crippen LogP contribution in [-0.4, -0.2) is 49.7 Å². The molecule has 2 fully saturated rings. The highest BCUT2D eigenvalue weighted by Gasteiger charge is 2.42. The van der Waals surface area contributed by atoms with Gasteiger partial charge in [-0.15, -0.1) is 0 Å². The van der Waals surface area contributed by atoms with Gasteiger partial charge in [-0.25, -0.2) is 0 Å². The van der Waals surface area contributed by atoms with Gasteiger partial charge in [-0.2, -0.15) is 0 Å². The molecule has 0 amide bonds. The van der Waals surface area contributed by atoms with Crippen LogP contribution in [0.1, 0.15) is 37.7 Å². The predicted molar refractivity (Wildman–Crippen MR) is 84.6 cm³/mol. The normalized spacial score (nSPS) is 25.0. The highest BCUT2D eigenvalue weighted by Crippen LogP contribution is 2.42. The number of benzene rings is 1. The summed E-state index contributed by atoms with van der Waals surface area (Å²) in [4.78, 5) is 2.81. The highest BCUT2D eigenvalue weighted by molar-refractivity contribution is 5.25. The van der Waals surface area contributed by atoms with Crippen molar-refractivity contribution in [3.63, 3.8) is 0 Å². The fourth-order valence-corrected chi connectivity index (χ4v) is 4.11. The molecule has 0 spiro atoms. The number of hydrogen-bond donors (Lipinski definition) is 0. The lowest BCUT2D eigenvalue weighted by molar-refractivity contribution is -0.895. The van der Waals surface area contributed by atoms with Gasteiger partial charge >= 0.3 is 0 Å². The molecule has 118 valence electrons. The molecule has 2 nitrogen and oxygen atoms in total. The molecule has 0 radical (unpaired) electrons. The van der Waals surface area contributed by atoms with Crippen LogP contribution in [0.2, 0.25) is 0 Å². The molecule has 3 rings (SSSR count). The monoisotopic (exact) mass is 400 g/mol. The Kier molecular flexibility index (Phi) is 5.71. The summed E-state index contributed by atoms with van der Waals surface area (Å²) in [6.07, 6.45) is 6.91. The zero-order valence-corrected chi connectivity index (χ0v) is 15.7. The van der Waals surface area contributed by atoms with Gasteiger partial charge < -0.3 is 28.5 Å². The lowest BCUT2D eigenvalue weighted by atomic mass is 9.75. The van der Waals surface area contributed by atoms with E-state index in [9.17, 15) is 0 Å². The minimum Gasteiger partial charge on any atom is -1.00 e. The molecule has 1 saturated carbocycles. The largest absolute Gasteiger partial charge is 1.00 e. The molecule has 0 atom stereocenters. The van der Waals surface area contributed by atoms with Crippen molar-refractivity contribution in [1.82, 2.24) is 4.90 Å². The number of hydrogen-bond acceptors (Lipinski definition) is 1. The van der Waals surface area contributed by atoms with Crippen LogP contribution in [0.25, 0.3) is 0 Å². The Morgan fingerprint density at radius 3 is 2.05 bits per heavy atom. The number of likely N-dealkylation sites (N-methyl/N-ethyl adjacent to an activating group) is 1. The van der Waals surface area contributed by atoms with E-state index in [1.165, 1.54) is 62.8 Å². The molecule has 0 aromatic heterocycles. The number of rotatable bonds is 2. The molecule has 1 aliphatic heterocycles. The van der Waals surface area contributed by atoms with Gasteiger partial charge in [-0.1, -0.05) is 49.6 Å². The number of halogens is 1. The van der Waals surface area contributed by atoms with Crippen molar-refractivity contribution in [2.75, 3.05) is 40.3 Å². The van der Waals surface area contributed by atoms with Crippen molar-refractivity contribution in [3.05, 3.63) is 35.9 Å². The number of piperazine rings is 1. The number of quaternary nitrogens is 1. The molecule has 1 saturated heterocycles. The van der Waals surface area contributed by atoms with Gasteiger partial charge in [-0.3, -0.25) is 4.90 Å². The lowest BCUT2D eigenvalue weighted by Gasteiger charge is -2.51. The van der Waals surface area contributed by atoms with Crippen molar-refractivity contribution in [3.8, 4) is 0 Å². The Balaban J connectivity index is 0.00000161. The third-order valence-corrected chi connectivity index (χ3v) is 5.55. The summed E-state index contributed by atoms with van der Waals surface area (Å²) in [7, 11) is 4.74. The molecule has 1 aromatic carbocycles. The van der Waals surface area contributed by atoms with Crippen LogP contribution in [0.15, 0.2) is 30.3 Å². The summed E-state index contributed by atoms with van der Waals surface area (Å²) in [6, 6.07) is 11.3. The molecule has 21 heavy (non-hydrogen) atoms. The molecule has 3 heteroatoms. The number of nitrogens with zero attached hydrogens (tertiary/aromatic N) is 2. The van der Waals surface area contributed by atoms with Crippen molar-refractivity contribution >= 4 is 0 Å². The van der Waals surface area contributed by atoms with Crippen molar-refractivity contribution < 1.29 is 28.5 Å². The van der Waals surface area contributed by atoms with Crippen LogP contribution in [0.4, 0.5) is 0 Å². The van der Waals surface area contributed by atoms with E-state index in [-0.39, 0.29) is 24.0 Å². The van der Waals surface area contributed by atoms with Gasteiger partial charge in [0.15, 0.2) is 0 Å². The summed E-state index contributed by atoms with van der Waals surface area (Å²) in [5, 5.41) is 0. The fourth-order valence-electron chi connectivity index (χ4n) is 4.11. The third kappa shape index (κ3) is 3.62. The molecule has 0 bridgehead atoms. The standard InChI is InChI=1S/C18H29N2.HI/c1-20(2)15-13-19(14-16-20)18(11-7-4-8-12-18)17-9-5-3-6-10-17;/h3,5-6,9-10H,4,7-8,11-16H2,1-2H3;1H/q+1;/p-1. The Labute approximate surface area is 147 Å². The Morgan fingerprint density at radius 2 is 1.48 bits per heavy atom. The first-order valence-electron chi connectivity index (χ1n) is 8.25. The third-order valence-electron chi connectivity index (χ3n) is 5.55. The smallest absolute Gasteiger partial charge is 0.0912 e. The van der Waals surface area contributed by atoms with E-state index < -0.39 is 0 Å². The average molecular weight is 400 g/mol. The zero-order chi connectivity index (χ0) is 14.1. The van der Waals surface area contributed by atoms with E-state index in [1.54, 1.807) is 5.56 Å². The molecule has 1 aromatic rings. The van der Waals surface area contributed by atoms with Gasteiger partial charge in [0.25, 0.3) is 0 Å². The highest BCUT2D eigenvalue weighted by atomic mass is 127. The molecular formula is C18H29IN2. The first-order valence-corrected chi connectivity index (χ1v) is 8.25. The van der Waals surface area contributed by atoms with Crippen LogP contribution >= 0.6 is 0 Å². The van der Waals surface area contributed by atoms with Crippen molar-refractivity contribution in [1.29, 1.82) is 0 Å². The maximum absolute atomic E-state index is 2.81. The Hall–Kier alpha value is -0.130. The summed E-state index contributed by atoms with van der Waals surface area (Å²) in [5.41, 5.74) is 1.90. The van der Waals surface area contributed by atoms with Crippen molar-refractivity contribution in [2.45, 2.75) is 37.6 Å². The summed E-state index contributed by atoms with van der Waals surface area (Å²) < 4.78 is 1.18. The van der Waals surface area contributed by atoms with E-state index >= 15 is 0 Å². The van der Waals surface area contributed by atoms with Gasteiger partial charge in [0.1, 0.15) is 0 Å². The first-order chi connectivity index (χ1) is 9.62. The van der Waals surface area contributed by atoms with Gasteiger partial charge in [0, 0.05) is 18.6 Å². The van der Waals surface area contributed by atoms with Crippen molar-refractivity contribution in [2.24, 2.45) is 0 Å². The first kappa shape index (κ1) is 17.2. The second kappa shape index (κ2) is 6.97. The van der Waals surface area contributed by atoms with E-state index in [2.05, 4.69) is 49.3 Å². The minimum absolute atomic E-state index is 0. The second-order valence-electron chi connectivity index (χ2n) is 7.33. The topological polar surface area (TPSA) is 3.24 Å². The average Bonchev–Trinajstić information content (AvgIpc) is 2.49. The van der Waals surface area contributed by atoms with Crippen LogP contribution in [-0.2, 0) is 5.54 Å². The van der Waals surface area contributed by atoms with Crippen LogP contribution < -0.4 is 24.0 Å². The van der Waals surface area contributed by atoms with Gasteiger partial charge in [0.05, 0.1) is 27.2 Å². The fraction of sp³-hybridized carbons (Fsp3) is 0.667. The SMILES string of the molecule is C[N+]1(C)CCN(C2(c3ccccc3)CCCCC2)CC1.[I-]. The summed E-state index contributed by atoms with van der Waals surface area (Å²) in [5.74, 6) is 0. The lowest BCUT2D eigenvalue weighted by Crippen LogP contribution is -3.00. The van der Waals surface area contributed by atoms with E-state index in [0.29, 0.717) is 5.54 Å². The van der Waals surface area contributed by atoms with E-state index in [4.69, 9.17) is 0 Å². The molecular weight excluding hydrogens is 371 g/mol. The quantitative estimate of drug-likeness (QED) is 0.508. The Morgan fingerprint density at radius 1 is 0.905 bits per heavy atom. The maximum Gasteiger partial charge on any atom is 0.0912 e. The molecule has 2 aliphatic rings. The Bertz CT molecular complexity index is 428. The predicted octanol–water partition coefficient (Wildman–Crippen LogP) is 0.242.